The number of aromatic amines is 1. The molecule has 3 aromatic rings. The van der Waals surface area contributed by atoms with Crippen LogP contribution in [0.3, 0.4) is 0 Å². The summed E-state index contributed by atoms with van der Waals surface area (Å²) in [5.74, 6) is 1.63. The molecule has 0 bridgehead atoms. The molecule has 1 aliphatic heterocycles. The summed E-state index contributed by atoms with van der Waals surface area (Å²) in [4.78, 5) is 16.7. The molecule has 3 heterocycles. The molecule has 7 nitrogen and oxygen atoms in total. The lowest BCUT2D eigenvalue weighted by Crippen LogP contribution is -2.38. The fourth-order valence-electron chi connectivity index (χ4n) is 3.19. The number of rotatable bonds is 5. The minimum atomic E-state index is -0.293. The predicted molar refractivity (Wildman–Crippen MR) is 101 cm³/mol. The Morgan fingerprint density at radius 2 is 2.23 bits per heavy atom. The summed E-state index contributed by atoms with van der Waals surface area (Å²) in [5, 5.41) is 10.0. The molecule has 1 fully saturated rings. The summed E-state index contributed by atoms with van der Waals surface area (Å²) in [6.07, 6.45) is 3.96. The fourth-order valence-corrected chi connectivity index (χ4v) is 3.19. The zero-order valence-electron chi connectivity index (χ0n) is 14.6. The summed E-state index contributed by atoms with van der Waals surface area (Å²) < 4.78 is 13.5. The van der Waals surface area contributed by atoms with Gasteiger partial charge >= 0.3 is 0 Å². The highest BCUT2D eigenvalue weighted by Gasteiger charge is 2.18. The average Bonchev–Trinajstić information content (AvgIpc) is 3.06. The van der Waals surface area contributed by atoms with Gasteiger partial charge in [0.25, 0.3) is 0 Å². The van der Waals surface area contributed by atoms with Crippen LogP contribution >= 0.6 is 0 Å². The van der Waals surface area contributed by atoms with E-state index in [1.807, 2.05) is 6.92 Å². The number of piperidine rings is 1. The highest BCUT2D eigenvalue weighted by atomic mass is 19.1. The largest absolute Gasteiger partial charge is 0.365 e. The van der Waals surface area contributed by atoms with Gasteiger partial charge in [-0.3, -0.25) is 0 Å². The minimum absolute atomic E-state index is 0.293. The van der Waals surface area contributed by atoms with Crippen LogP contribution in [0.2, 0.25) is 0 Å². The first kappa shape index (κ1) is 16.7. The number of hydrogen-bond donors (Lipinski definition) is 4. The number of nitrogens with one attached hydrogen (secondary N) is 4. The summed E-state index contributed by atoms with van der Waals surface area (Å²) in [5.41, 5.74) is 2.14. The molecular formula is C18H22FN7. The monoisotopic (exact) mass is 355 g/mol. The van der Waals surface area contributed by atoms with Crippen molar-refractivity contribution >= 4 is 22.8 Å². The van der Waals surface area contributed by atoms with E-state index in [0.29, 0.717) is 28.8 Å². The van der Waals surface area contributed by atoms with Gasteiger partial charge in [-0.05, 0) is 44.5 Å². The molecule has 4 rings (SSSR count). The summed E-state index contributed by atoms with van der Waals surface area (Å²) in [7, 11) is 0. The summed E-state index contributed by atoms with van der Waals surface area (Å²) >= 11 is 0. The number of halogens is 1. The van der Waals surface area contributed by atoms with Gasteiger partial charge in [0.2, 0.25) is 5.95 Å². The number of aromatic nitrogens is 4. The molecule has 2 aromatic heterocycles. The third-order valence-corrected chi connectivity index (χ3v) is 4.46. The lowest BCUT2D eigenvalue weighted by atomic mass is 10.1. The smallest absolute Gasteiger partial charge is 0.224 e. The molecular weight excluding hydrogens is 333 g/mol. The average molecular weight is 355 g/mol. The van der Waals surface area contributed by atoms with Gasteiger partial charge in [0.1, 0.15) is 17.5 Å². The molecule has 26 heavy (non-hydrogen) atoms. The normalized spacial score (nSPS) is 17.4. The predicted octanol–water partition coefficient (Wildman–Crippen LogP) is 2.75. The highest BCUT2D eigenvalue weighted by molar-refractivity contribution is 5.82. The first-order chi connectivity index (χ1) is 12.7. The van der Waals surface area contributed by atoms with Crippen LogP contribution in [0.1, 0.15) is 19.8 Å². The SMILES string of the molecule is CCNc1ncc(-c2nc3ccc(F)cc3[nH]2)c(NC2CCCNC2)n1. The van der Waals surface area contributed by atoms with Gasteiger partial charge in [0.05, 0.1) is 16.6 Å². The van der Waals surface area contributed by atoms with E-state index in [4.69, 9.17) is 0 Å². The zero-order valence-corrected chi connectivity index (χ0v) is 14.6. The maximum Gasteiger partial charge on any atom is 0.224 e. The van der Waals surface area contributed by atoms with Crippen LogP contribution in [0.5, 0.6) is 0 Å². The van der Waals surface area contributed by atoms with E-state index in [2.05, 4.69) is 35.9 Å². The van der Waals surface area contributed by atoms with Crippen molar-refractivity contribution in [3.8, 4) is 11.4 Å². The van der Waals surface area contributed by atoms with E-state index < -0.39 is 0 Å². The van der Waals surface area contributed by atoms with Crippen molar-refractivity contribution in [1.82, 2.24) is 25.3 Å². The molecule has 136 valence electrons. The summed E-state index contributed by atoms with van der Waals surface area (Å²) in [6, 6.07) is 4.81. The Morgan fingerprint density at radius 3 is 3.04 bits per heavy atom. The zero-order chi connectivity index (χ0) is 17.9. The Balaban J connectivity index is 1.72. The van der Waals surface area contributed by atoms with Gasteiger partial charge in [0, 0.05) is 25.3 Å². The van der Waals surface area contributed by atoms with E-state index in [-0.39, 0.29) is 5.82 Å². The Kier molecular flexibility index (Phi) is 4.66. The van der Waals surface area contributed by atoms with Crippen LogP contribution in [-0.4, -0.2) is 45.6 Å². The van der Waals surface area contributed by atoms with Crippen LogP contribution in [0, 0.1) is 5.82 Å². The minimum Gasteiger partial charge on any atom is -0.365 e. The van der Waals surface area contributed by atoms with Crippen LogP contribution in [-0.2, 0) is 0 Å². The molecule has 4 N–H and O–H groups in total. The topological polar surface area (TPSA) is 90.5 Å². The van der Waals surface area contributed by atoms with E-state index in [9.17, 15) is 4.39 Å². The van der Waals surface area contributed by atoms with Gasteiger partial charge < -0.3 is 20.9 Å². The second kappa shape index (κ2) is 7.25. The first-order valence-electron chi connectivity index (χ1n) is 8.96. The fraction of sp³-hybridized carbons (Fsp3) is 0.389. The third kappa shape index (κ3) is 3.45. The van der Waals surface area contributed by atoms with E-state index in [0.717, 1.165) is 43.9 Å². The van der Waals surface area contributed by atoms with E-state index in [1.54, 1.807) is 12.3 Å². The van der Waals surface area contributed by atoms with Gasteiger partial charge in [-0.25, -0.2) is 14.4 Å². The molecule has 1 atom stereocenters. The van der Waals surface area contributed by atoms with Crippen molar-refractivity contribution in [3.63, 3.8) is 0 Å². The Bertz CT molecular complexity index is 902. The van der Waals surface area contributed by atoms with Crippen molar-refractivity contribution in [2.75, 3.05) is 30.3 Å². The Morgan fingerprint density at radius 1 is 1.31 bits per heavy atom. The van der Waals surface area contributed by atoms with Crippen LogP contribution in [0.15, 0.2) is 24.4 Å². The molecule has 1 unspecified atom stereocenters. The van der Waals surface area contributed by atoms with Crippen molar-refractivity contribution in [2.45, 2.75) is 25.8 Å². The van der Waals surface area contributed by atoms with Crippen LogP contribution in [0.25, 0.3) is 22.4 Å². The van der Waals surface area contributed by atoms with Crippen molar-refractivity contribution in [1.29, 1.82) is 0 Å². The second-order valence-corrected chi connectivity index (χ2v) is 6.42. The van der Waals surface area contributed by atoms with Crippen molar-refractivity contribution in [3.05, 3.63) is 30.2 Å². The Hall–Kier alpha value is -2.74. The molecule has 0 saturated carbocycles. The molecule has 0 amide bonds. The van der Waals surface area contributed by atoms with Gasteiger partial charge in [-0.1, -0.05) is 0 Å². The van der Waals surface area contributed by atoms with Gasteiger partial charge in [-0.15, -0.1) is 0 Å². The lowest BCUT2D eigenvalue weighted by molar-refractivity contribution is 0.479. The van der Waals surface area contributed by atoms with Gasteiger partial charge in [0.15, 0.2) is 0 Å². The molecule has 8 heteroatoms. The second-order valence-electron chi connectivity index (χ2n) is 6.42. The standard InChI is InChI=1S/C18H22FN7/c1-2-21-18-22-10-13(16(26-18)23-12-4-3-7-20-9-12)17-24-14-6-5-11(19)8-15(14)25-17/h5-6,8,10,12,20H,2-4,7,9H2,1H3,(H,24,25)(H2,21,22,23,26). The van der Waals surface area contributed by atoms with Crippen molar-refractivity contribution < 1.29 is 4.39 Å². The van der Waals surface area contributed by atoms with Gasteiger partial charge in [-0.2, -0.15) is 4.98 Å². The molecule has 1 aliphatic rings. The molecule has 0 spiro atoms. The van der Waals surface area contributed by atoms with Crippen LogP contribution < -0.4 is 16.0 Å². The quantitative estimate of drug-likeness (QED) is 0.563. The number of nitrogens with zero attached hydrogens (tertiary/aromatic N) is 3. The number of fused-ring (bicyclic) bond motifs is 1. The highest BCUT2D eigenvalue weighted by Crippen LogP contribution is 2.28. The number of anilines is 2. The summed E-state index contributed by atoms with van der Waals surface area (Å²) in [6.45, 7) is 4.69. The maximum absolute atomic E-state index is 13.5. The number of benzene rings is 1. The molecule has 1 saturated heterocycles. The lowest BCUT2D eigenvalue weighted by Gasteiger charge is -2.25. The van der Waals surface area contributed by atoms with E-state index >= 15 is 0 Å². The maximum atomic E-state index is 13.5. The Labute approximate surface area is 150 Å². The van der Waals surface area contributed by atoms with Crippen LogP contribution in [0.4, 0.5) is 16.2 Å². The number of hydrogen-bond acceptors (Lipinski definition) is 6. The van der Waals surface area contributed by atoms with E-state index in [1.165, 1.54) is 12.1 Å². The third-order valence-electron chi connectivity index (χ3n) is 4.46. The van der Waals surface area contributed by atoms with Crippen molar-refractivity contribution in [2.24, 2.45) is 0 Å². The first-order valence-corrected chi connectivity index (χ1v) is 8.96. The number of imidazole rings is 1. The molecule has 0 radical (unpaired) electrons. The molecule has 0 aliphatic carbocycles. The number of H-pyrrole nitrogens is 1. The molecule has 1 aromatic carbocycles.